The molecule has 1 aliphatic heterocycles. The van der Waals surface area contributed by atoms with Crippen LogP contribution in [0.5, 0.6) is 0 Å². The number of nitrogens with one attached hydrogen (secondary N) is 1. The van der Waals surface area contributed by atoms with Crippen LogP contribution in [0, 0.1) is 5.92 Å². The van der Waals surface area contributed by atoms with Gasteiger partial charge in [0.15, 0.2) is 0 Å². The molecular formula is C13H28N2O2. The predicted molar refractivity (Wildman–Crippen MR) is 70.2 cm³/mol. The Morgan fingerprint density at radius 3 is 2.71 bits per heavy atom. The lowest BCUT2D eigenvalue weighted by atomic mass is 9.94. The number of aliphatic hydroxyl groups is 1. The molecular weight excluding hydrogens is 216 g/mol. The quantitative estimate of drug-likeness (QED) is 0.617. The van der Waals surface area contributed by atoms with Crippen molar-refractivity contribution < 1.29 is 9.84 Å². The van der Waals surface area contributed by atoms with Gasteiger partial charge in [-0.1, -0.05) is 13.3 Å². The Balaban J connectivity index is 2.04. The minimum atomic E-state index is -0.259. The van der Waals surface area contributed by atoms with E-state index < -0.39 is 0 Å². The fraction of sp³-hybridized carbons (Fsp3) is 1.00. The van der Waals surface area contributed by atoms with Crippen LogP contribution >= 0.6 is 0 Å². The number of rotatable bonds is 8. The highest BCUT2D eigenvalue weighted by molar-refractivity contribution is 4.74. The van der Waals surface area contributed by atoms with E-state index >= 15 is 0 Å². The predicted octanol–water partition coefficient (Wildman–Crippen LogP) is 0.705. The molecule has 102 valence electrons. The molecule has 0 aromatic rings. The van der Waals surface area contributed by atoms with Crippen LogP contribution in [-0.4, -0.2) is 62.6 Å². The summed E-state index contributed by atoms with van der Waals surface area (Å²) in [5, 5.41) is 13.1. The van der Waals surface area contributed by atoms with E-state index in [1.807, 2.05) is 0 Å². The lowest BCUT2D eigenvalue weighted by Gasteiger charge is -2.32. The van der Waals surface area contributed by atoms with Crippen LogP contribution in [0.2, 0.25) is 0 Å². The number of piperidine rings is 1. The number of β-amino-alcohol motifs (C(OH)–C–C–N with tert-alkyl or cyclic N) is 1. The maximum atomic E-state index is 9.88. The Kier molecular flexibility index (Phi) is 7.77. The van der Waals surface area contributed by atoms with Crippen LogP contribution in [-0.2, 0) is 4.74 Å². The number of aliphatic hydroxyl groups excluding tert-OH is 1. The lowest BCUT2D eigenvalue weighted by molar-refractivity contribution is 0.0865. The molecule has 17 heavy (non-hydrogen) atoms. The Morgan fingerprint density at radius 1 is 1.41 bits per heavy atom. The highest BCUT2D eigenvalue weighted by Crippen LogP contribution is 2.19. The van der Waals surface area contributed by atoms with Gasteiger partial charge in [0.1, 0.15) is 0 Å². The molecule has 0 bridgehead atoms. The summed E-state index contributed by atoms with van der Waals surface area (Å²) in [6, 6.07) is 0. The summed E-state index contributed by atoms with van der Waals surface area (Å²) in [7, 11) is 1.69. The summed E-state index contributed by atoms with van der Waals surface area (Å²) in [4.78, 5) is 2.38. The molecule has 0 spiro atoms. The molecule has 0 amide bonds. The zero-order valence-electron chi connectivity index (χ0n) is 11.3. The molecule has 1 aliphatic rings. The van der Waals surface area contributed by atoms with Gasteiger partial charge in [0.25, 0.3) is 0 Å². The Hall–Kier alpha value is -0.160. The molecule has 0 aromatic carbocycles. The smallest absolute Gasteiger partial charge is 0.0791 e. The SMILES string of the molecule is CCC1CCN(CC(O)CNCCOC)CC1. The molecule has 0 aromatic heterocycles. The van der Waals surface area contributed by atoms with Crippen molar-refractivity contribution in [1.82, 2.24) is 10.2 Å². The van der Waals surface area contributed by atoms with Crippen molar-refractivity contribution in [3.63, 3.8) is 0 Å². The molecule has 0 aliphatic carbocycles. The summed E-state index contributed by atoms with van der Waals surface area (Å²) in [6.07, 6.45) is 3.63. The maximum Gasteiger partial charge on any atom is 0.0791 e. The van der Waals surface area contributed by atoms with Gasteiger partial charge in [0, 0.05) is 26.7 Å². The number of likely N-dealkylation sites (tertiary alicyclic amines) is 1. The third kappa shape index (κ3) is 6.36. The van der Waals surface area contributed by atoms with E-state index in [0.29, 0.717) is 13.2 Å². The van der Waals surface area contributed by atoms with Crippen molar-refractivity contribution >= 4 is 0 Å². The fourth-order valence-electron chi connectivity index (χ4n) is 2.38. The molecule has 4 heteroatoms. The summed E-state index contributed by atoms with van der Waals surface area (Å²) in [5.74, 6) is 0.906. The zero-order valence-corrected chi connectivity index (χ0v) is 11.3. The average molecular weight is 244 g/mol. The van der Waals surface area contributed by atoms with Crippen LogP contribution in [0.15, 0.2) is 0 Å². The molecule has 2 N–H and O–H groups in total. The number of nitrogens with zero attached hydrogens (tertiary/aromatic N) is 1. The van der Waals surface area contributed by atoms with Gasteiger partial charge in [0.05, 0.1) is 12.7 Å². The number of hydrogen-bond donors (Lipinski definition) is 2. The first kappa shape index (κ1) is 14.9. The molecule has 4 nitrogen and oxygen atoms in total. The van der Waals surface area contributed by atoms with Gasteiger partial charge in [0.2, 0.25) is 0 Å². The monoisotopic (exact) mass is 244 g/mol. The average Bonchev–Trinajstić information content (AvgIpc) is 2.36. The van der Waals surface area contributed by atoms with Crippen LogP contribution < -0.4 is 5.32 Å². The Labute approximate surface area is 105 Å². The van der Waals surface area contributed by atoms with E-state index in [0.717, 1.165) is 32.1 Å². The minimum absolute atomic E-state index is 0.259. The molecule has 1 unspecified atom stereocenters. The van der Waals surface area contributed by atoms with E-state index in [4.69, 9.17) is 4.74 Å². The van der Waals surface area contributed by atoms with Gasteiger partial charge in [-0.15, -0.1) is 0 Å². The maximum absolute atomic E-state index is 9.88. The first-order chi connectivity index (χ1) is 8.26. The van der Waals surface area contributed by atoms with Gasteiger partial charge in [-0.2, -0.15) is 0 Å². The number of hydrogen-bond acceptors (Lipinski definition) is 4. The van der Waals surface area contributed by atoms with Crippen LogP contribution in [0.3, 0.4) is 0 Å². The van der Waals surface area contributed by atoms with Gasteiger partial charge < -0.3 is 20.1 Å². The van der Waals surface area contributed by atoms with Gasteiger partial charge in [-0.25, -0.2) is 0 Å². The van der Waals surface area contributed by atoms with Crippen molar-refractivity contribution in [2.24, 2.45) is 5.92 Å². The summed E-state index contributed by atoms with van der Waals surface area (Å²) >= 11 is 0. The second-order valence-corrected chi connectivity index (χ2v) is 5.00. The third-order valence-electron chi connectivity index (χ3n) is 3.62. The van der Waals surface area contributed by atoms with Gasteiger partial charge in [-0.05, 0) is 31.8 Å². The van der Waals surface area contributed by atoms with Crippen LogP contribution in [0.4, 0.5) is 0 Å². The molecule has 0 saturated carbocycles. The van der Waals surface area contributed by atoms with Crippen molar-refractivity contribution in [2.45, 2.75) is 32.3 Å². The highest BCUT2D eigenvalue weighted by atomic mass is 16.5. The van der Waals surface area contributed by atoms with Crippen LogP contribution in [0.1, 0.15) is 26.2 Å². The molecule has 1 saturated heterocycles. The van der Waals surface area contributed by atoms with E-state index in [-0.39, 0.29) is 6.10 Å². The number of methoxy groups -OCH3 is 1. The van der Waals surface area contributed by atoms with Crippen molar-refractivity contribution in [3.8, 4) is 0 Å². The minimum Gasteiger partial charge on any atom is -0.390 e. The van der Waals surface area contributed by atoms with Crippen LogP contribution in [0.25, 0.3) is 0 Å². The topological polar surface area (TPSA) is 44.7 Å². The van der Waals surface area contributed by atoms with Crippen molar-refractivity contribution in [1.29, 1.82) is 0 Å². The first-order valence-corrected chi connectivity index (χ1v) is 6.86. The van der Waals surface area contributed by atoms with Gasteiger partial charge in [-0.3, -0.25) is 0 Å². The van der Waals surface area contributed by atoms with Crippen molar-refractivity contribution in [2.75, 3.05) is 46.4 Å². The fourth-order valence-corrected chi connectivity index (χ4v) is 2.38. The molecule has 1 rings (SSSR count). The number of ether oxygens (including phenoxy) is 1. The zero-order chi connectivity index (χ0) is 12.5. The van der Waals surface area contributed by atoms with E-state index in [2.05, 4.69) is 17.1 Å². The Morgan fingerprint density at radius 2 is 2.12 bits per heavy atom. The second kappa shape index (κ2) is 8.86. The summed E-state index contributed by atoms with van der Waals surface area (Å²) in [6.45, 7) is 7.55. The van der Waals surface area contributed by atoms with E-state index in [1.54, 1.807) is 7.11 Å². The third-order valence-corrected chi connectivity index (χ3v) is 3.62. The van der Waals surface area contributed by atoms with E-state index in [9.17, 15) is 5.11 Å². The summed E-state index contributed by atoms with van der Waals surface area (Å²) < 4.78 is 4.94. The molecule has 1 fully saturated rings. The Bertz CT molecular complexity index is 182. The molecule has 1 heterocycles. The summed E-state index contributed by atoms with van der Waals surface area (Å²) in [5.41, 5.74) is 0. The standard InChI is InChI=1S/C13H28N2O2/c1-3-12-4-7-15(8-5-12)11-13(16)10-14-6-9-17-2/h12-14,16H,3-11H2,1-2H3. The molecule has 1 atom stereocenters. The largest absolute Gasteiger partial charge is 0.390 e. The van der Waals surface area contributed by atoms with E-state index in [1.165, 1.54) is 19.3 Å². The first-order valence-electron chi connectivity index (χ1n) is 6.86. The normalized spacial score (nSPS) is 20.6. The molecule has 0 radical (unpaired) electrons. The lowest BCUT2D eigenvalue weighted by Crippen LogP contribution is -2.42. The second-order valence-electron chi connectivity index (χ2n) is 5.00. The highest BCUT2D eigenvalue weighted by Gasteiger charge is 2.19. The van der Waals surface area contributed by atoms with Crippen molar-refractivity contribution in [3.05, 3.63) is 0 Å². The van der Waals surface area contributed by atoms with Gasteiger partial charge >= 0.3 is 0 Å².